The number of hydrogen-bond acceptors (Lipinski definition) is 3. The molecule has 1 aliphatic rings. The lowest BCUT2D eigenvalue weighted by atomic mass is 9.91. The van der Waals surface area contributed by atoms with Gasteiger partial charge in [0.15, 0.2) is 0 Å². The number of nitrogens with two attached hydrogens (primary N) is 1. The second-order valence-corrected chi connectivity index (χ2v) is 6.27. The number of primary amides is 1. The number of benzene rings is 1. The number of para-hydroxylation sites is 1. The summed E-state index contributed by atoms with van der Waals surface area (Å²) < 4.78 is 1.90. The maximum Gasteiger partial charge on any atom is 0.239 e. The van der Waals surface area contributed by atoms with Gasteiger partial charge in [0.2, 0.25) is 5.91 Å². The fourth-order valence-corrected chi connectivity index (χ4v) is 3.12. The Kier molecular flexibility index (Phi) is 3.45. The molecular formula is C16H22N4O. The average molecular weight is 286 g/mol. The Hall–Kier alpha value is -1.88. The molecule has 1 aromatic carbocycles. The summed E-state index contributed by atoms with van der Waals surface area (Å²) in [6, 6.07) is 8.22. The fraction of sp³-hybridized carbons (Fsp3) is 0.500. The van der Waals surface area contributed by atoms with E-state index in [0.717, 1.165) is 23.7 Å². The normalized spacial score (nSPS) is 18.0. The van der Waals surface area contributed by atoms with Gasteiger partial charge >= 0.3 is 0 Å². The average Bonchev–Trinajstić information content (AvgIpc) is 3.21. The lowest BCUT2D eigenvalue weighted by Crippen LogP contribution is -2.61. The lowest BCUT2D eigenvalue weighted by Gasteiger charge is -2.34. The highest BCUT2D eigenvalue weighted by Gasteiger charge is 2.50. The zero-order chi connectivity index (χ0) is 15.0. The van der Waals surface area contributed by atoms with E-state index in [9.17, 15) is 4.79 Å². The van der Waals surface area contributed by atoms with Crippen LogP contribution in [0.4, 0.5) is 0 Å². The molecular weight excluding hydrogens is 264 g/mol. The molecule has 21 heavy (non-hydrogen) atoms. The summed E-state index contributed by atoms with van der Waals surface area (Å²) in [7, 11) is 0. The van der Waals surface area contributed by atoms with Gasteiger partial charge in [0, 0.05) is 11.4 Å². The minimum absolute atomic E-state index is 0.194. The van der Waals surface area contributed by atoms with Crippen molar-refractivity contribution in [2.75, 3.05) is 0 Å². The first-order valence-corrected chi connectivity index (χ1v) is 7.51. The van der Waals surface area contributed by atoms with E-state index < -0.39 is 5.54 Å². The molecule has 1 heterocycles. The lowest BCUT2D eigenvalue weighted by molar-refractivity contribution is -0.126. The van der Waals surface area contributed by atoms with Crippen molar-refractivity contribution >= 4 is 16.8 Å². The molecule has 1 aliphatic carbocycles. The van der Waals surface area contributed by atoms with Crippen LogP contribution in [-0.4, -0.2) is 27.3 Å². The summed E-state index contributed by atoms with van der Waals surface area (Å²) in [6.45, 7) is 4.57. The van der Waals surface area contributed by atoms with Crippen LogP contribution in [0.1, 0.15) is 26.7 Å². The van der Waals surface area contributed by atoms with Gasteiger partial charge in [-0.2, -0.15) is 5.10 Å². The van der Waals surface area contributed by atoms with Crippen LogP contribution in [0.5, 0.6) is 0 Å². The van der Waals surface area contributed by atoms with Crippen LogP contribution >= 0.6 is 0 Å². The van der Waals surface area contributed by atoms with E-state index in [2.05, 4.69) is 10.4 Å². The zero-order valence-corrected chi connectivity index (χ0v) is 12.5. The molecule has 5 nitrogen and oxygen atoms in total. The minimum Gasteiger partial charge on any atom is -0.368 e. The standard InChI is InChI=1S/C16H22N4O/c1-11(2)19-16(15(17)21,13-7-8-13)10-20-14-6-4-3-5-12(14)9-18-20/h3-6,9,11,13,19H,7-8,10H2,1-2H3,(H2,17,21). The second kappa shape index (κ2) is 5.15. The van der Waals surface area contributed by atoms with Gasteiger partial charge in [0.05, 0.1) is 18.3 Å². The van der Waals surface area contributed by atoms with Gasteiger partial charge in [-0.15, -0.1) is 0 Å². The maximum absolute atomic E-state index is 12.2. The molecule has 0 spiro atoms. The molecule has 1 amide bonds. The Labute approximate surface area is 124 Å². The van der Waals surface area contributed by atoms with E-state index in [1.54, 1.807) is 0 Å². The van der Waals surface area contributed by atoms with Gasteiger partial charge in [0.1, 0.15) is 5.54 Å². The van der Waals surface area contributed by atoms with Gasteiger partial charge in [0.25, 0.3) is 0 Å². The van der Waals surface area contributed by atoms with Crippen molar-refractivity contribution in [1.29, 1.82) is 0 Å². The molecule has 112 valence electrons. The van der Waals surface area contributed by atoms with Gasteiger partial charge in [-0.25, -0.2) is 0 Å². The van der Waals surface area contributed by atoms with Gasteiger partial charge in [-0.1, -0.05) is 18.2 Å². The Bertz CT molecular complexity index is 659. The van der Waals surface area contributed by atoms with Crippen molar-refractivity contribution < 1.29 is 4.79 Å². The number of nitrogens with zero attached hydrogens (tertiary/aromatic N) is 2. The molecule has 1 fully saturated rings. The number of aromatic nitrogens is 2. The quantitative estimate of drug-likeness (QED) is 0.848. The SMILES string of the molecule is CC(C)NC(Cn1ncc2ccccc21)(C(N)=O)C1CC1. The molecule has 0 saturated heterocycles. The summed E-state index contributed by atoms with van der Waals surface area (Å²) in [5.74, 6) is 0.0265. The minimum atomic E-state index is -0.705. The van der Waals surface area contributed by atoms with E-state index >= 15 is 0 Å². The summed E-state index contributed by atoms with van der Waals surface area (Å²) in [4.78, 5) is 12.2. The summed E-state index contributed by atoms with van der Waals surface area (Å²) in [6.07, 6.45) is 3.92. The number of carbonyl (C=O) groups is 1. The van der Waals surface area contributed by atoms with Crippen LogP contribution in [0.3, 0.4) is 0 Å². The molecule has 1 unspecified atom stereocenters. The summed E-state index contributed by atoms with van der Waals surface area (Å²) in [5, 5.41) is 8.95. The van der Waals surface area contributed by atoms with Crippen molar-refractivity contribution in [3.8, 4) is 0 Å². The van der Waals surface area contributed by atoms with Crippen LogP contribution in [0.2, 0.25) is 0 Å². The van der Waals surface area contributed by atoms with E-state index in [-0.39, 0.29) is 11.9 Å². The third-order valence-electron chi connectivity index (χ3n) is 4.21. The molecule has 5 heteroatoms. The molecule has 0 aliphatic heterocycles. The van der Waals surface area contributed by atoms with E-state index in [1.807, 2.05) is 49.0 Å². The van der Waals surface area contributed by atoms with Crippen LogP contribution in [0.25, 0.3) is 10.9 Å². The number of nitrogens with one attached hydrogen (secondary N) is 1. The molecule has 1 atom stereocenters. The highest BCUT2D eigenvalue weighted by Crippen LogP contribution is 2.41. The van der Waals surface area contributed by atoms with E-state index in [4.69, 9.17) is 5.73 Å². The van der Waals surface area contributed by atoms with Crippen LogP contribution < -0.4 is 11.1 Å². The predicted octanol–water partition coefficient (Wildman–Crippen LogP) is 1.67. The van der Waals surface area contributed by atoms with E-state index in [0.29, 0.717) is 12.5 Å². The Morgan fingerprint density at radius 3 is 2.81 bits per heavy atom. The molecule has 1 aromatic heterocycles. The van der Waals surface area contributed by atoms with Crippen molar-refractivity contribution in [3.63, 3.8) is 0 Å². The Morgan fingerprint density at radius 2 is 2.19 bits per heavy atom. The van der Waals surface area contributed by atoms with Crippen LogP contribution in [0, 0.1) is 5.92 Å². The maximum atomic E-state index is 12.2. The Balaban J connectivity index is 1.99. The van der Waals surface area contributed by atoms with E-state index in [1.165, 1.54) is 0 Å². The third kappa shape index (κ3) is 2.53. The van der Waals surface area contributed by atoms with Gasteiger partial charge in [-0.3, -0.25) is 14.8 Å². The zero-order valence-electron chi connectivity index (χ0n) is 12.5. The van der Waals surface area contributed by atoms with Crippen molar-refractivity contribution in [2.24, 2.45) is 11.7 Å². The molecule has 2 aromatic rings. The van der Waals surface area contributed by atoms with Crippen molar-refractivity contribution in [1.82, 2.24) is 15.1 Å². The number of amides is 1. The summed E-state index contributed by atoms with van der Waals surface area (Å²) in [5.41, 5.74) is 6.11. The number of carbonyl (C=O) groups excluding carboxylic acids is 1. The highest BCUT2D eigenvalue weighted by atomic mass is 16.1. The monoisotopic (exact) mass is 286 g/mol. The third-order valence-corrected chi connectivity index (χ3v) is 4.21. The smallest absolute Gasteiger partial charge is 0.239 e. The number of fused-ring (bicyclic) bond motifs is 1. The Morgan fingerprint density at radius 1 is 1.48 bits per heavy atom. The molecule has 0 radical (unpaired) electrons. The fourth-order valence-electron chi connectivity index (χ4n) is 3.12. The van der Waals surface area contributed by atoms with Gasteiger partial charge < -0.3 is 5.73 Å². The molecule has 0 bridgehead atoms. The topological polar surface area (TPSA) is 72.9 Å². The number of hydrogen-bond donors (Lipinski definition) is 2. The second-order valence-electron chi connectivity index (χ2n) is 6.27. The molecule has 3 rings (SSSR count). The molecule has 3 N–H and O–H groups in total. The predicted molar refractivity (Wildman–Crippen MR) is 82.7 cm³/mol. The number of rotatable bonds is 6. The van der Waals surface area contributed by atoms with Crippen LogP contribution in [-0.2, 0) is 11.3 Å². The van der Waals surface area contributed by atoms with Crippen LogP contribution in [0.15, 0.2) is 30.5 Å². The molecule has 1 saturated carbocycles. The van der Waals surface area contributed by atoms with Crippen molar-refractivity contribution in [3.05, 3.63) is 30.5 Å². The first-order chi connectivity index (χ1) is 10.0. The highest BCUT2D eigenvalue weighted by molar-refractivity contribution is 5.86. The first-order valence-electron chi connectivity index (χ1n) is 7.51. The van der Waals surface area contributed by atoms with Gasteiger partial charge in [-0.05, 0) is 38.7 Å². The summed E-state index contributed by atoms with van der Waals surface area (Å²) >= 11 is 0. The largest absolute Gasteiger partial charge is 0.368 e. The first kappa shape index (κ1) is 14.1. The van der Waals surface area contributed by atoms with Crippen molar-refractivity contribution in [2.45, 2.75) is 44.8 Å².